The molecule has 2 aliphatic heterocycles. The zero-order chi connectivity index (χ0) is 20.2. The van der Waals surface area contributed by atoms with Crippen LogP contribution in [-0.2, 0) is 4.74 Å². The molecule has 0 spiro atoms. The molecule has 3 heterocycles. The van der Waals surface area contributed by atoms with Crippen molar-refractivity contribution in [2.75, 3.05) is 6.61 Å². The first-order chi connectivity index (χ1) is 13.2. The van der Waals surface area contributed by atoms with Gasteiger partial charge in [0.1, 0.15) is 0 Å². The van der Waals surface area contributed by atoms with Crippen LogP contribution in [0.4, 0.5) is 19.0 Å². The van der Waals surface area contributed by atoms with Crippen LogP contribution in [0.2, 0.25) is 0 Å². The van der Waals surface area contributed by atoms with Crippen LogP contribution >= 0.6 is 11.8 Å². The van der Waals surface area contributed by atoms with Gasteiger partial charge in [0.05, 0.1) is 27.5 Å². The Morgan fingerprint density at radius 1 is 1.29 bits per heavy atom. The highest BCUT2D eigenvalue weighted by atomic mass is 32.2. The van der Waals surface area contributed by atoms with E-state index in [0.29, 0.717) is 30.3 Å². The molecule has 28 heavy (non-hydrogen) atoms. The molecule has 0 amide bonds. The first kappa shape index (κ1) is 19.3. The summed E-state index contributed by atoms with van der Waals surface area (Å²) in [5, 5.41) is 2.63. The summed E-state index contributed by atoms with van der Waals surface area (Å²) in [5.74, 6) is -3.67. The number of hydrogen-bond acceptors (Lipinski definition) is 4. The van der Waals surface area contributed by atoms with E-state index in [-0.39, 0.29) is 22.8 Å². The number of hydrogen-bond donors (Lipinski definition) is 1. The van der Waals surface area contributed by atoms with Crippen LogP contribution in [0.5, 0.6) is 0 Å². The number of nitrogens with one attached hydrogen (secondary N) is 1. The van der Waals surface area contributed by atoms with E-state index in [1.807, 2.05) is 13.8 Å². The average molecular weight is 411 g/mol. The molecule has 1 aromatic heterocycles. The van der Waals surface area contributed by atoms with Gasteiger partial charge < -0.3 is 4.74 Å². The van der Waals surface area contributed by atoms with Gasteiger partial charge in [-0.25, -0.2) is 18.2 Å². The minimum atomic E-state index is -1.54. The van der Waals surface area contributed by atoms with Gasteiger partial charge in [-0.1, -0.05) is 17.8 Å². The maximum atomic E-state index is 14.5. The van der Waals surface area contributed by atoms with Crippen molar-refractivity contribution in [2.45, 2.75) is 50.5 Å². The predicted molar refractivity (Wildman–Crippen MR) is 102 cm³/mol. The van der Waals surface area contributed by atoms with Crippen molar-refractivity contribution in [2.24, 2.45) is 4.99 Å². The lowest BCUT2D eigenvalue weighted by atomic mass is 9.94. The Hall–Kier alpha value is -2.00. The van der Waals surface area contributed by atoms with Gasteiger partial charge in [0.25, 0.3) is 5.56 Å². The van der Waals surface area contributed by atoms with Gasteiger partial charge >= 0.3 is 0 Å². The van der Waals surface area contributed by atoms with Gasteiger partial charge in [-0.3, -0.25) is 14.6 Å². The van der Waals surface area contributed by atoms with Gasteiger partial charge in [-0.05, 0) is 39.7 Å². The maximum Gasteiger partial charge on any atom is 0.271 e. The molecule has 2 aromatic rings. The number of thioether (sulfide) groups is 1. The Morgan fingerprint density at radius 2 is 2.04 bits per heavy atom. The monoisotopic (exact) mass is 411 g/mol. The van der Waals surface area contributed by atoms with E-state index in [0.717, 1.165) is 17.8 Å². The largest absolute Gasteiger partial charge is 0.375 e. The number of rotatable bonds is 2. The van der Waals surface area contributed by atoms with E-state index in [2.05, 4.69) is 10.1 Å². The third-order valence-corrected chi connectivity index (χ3v) is 6.29. The molecular weight excluding hydrogens is 391 g/mol. The number of fused-ring (bicyclic) bond motifs is 1. The molecule has 1 aromatic carbocycles. The highest BCUT2D eigenvalue weighted by Gasteiger charge is 2.37. The normalized spacial score (nSPS) is 24.0. The lowest BCUT2D eigenvalue weighted by Crippen LogP contribution is -2.35. The van der Waals surface area contributed by atoms with Gasteiger partial charge in [-0.2, -0.15) is 0 Å². The molecule has 0 unspecified atom stereocenters. The fraction of sp³-hybridized carbons (Fsp3) is 0.474. The van der Waals surface area contributed by atoms with Crippen molar-refractivity contribution in [1.29, 1.82) is 0 Å². The number of H-pyrrole nitrogens is 1. The van der Waals surface area contributed by atoms with Gasteiger partial charge in [-0.15, -0.1) is 0 Å². The van der Waals surface area contributed by atoms with Crippen molar-refractivity contribution >= 4 is 22.6 Å². The summed E-state index contributed by atoms with van der Waals surface area (Å²) in [6.07, 6.45) is 1.38. The van der Waals surface area contributed by atoms with Crippen molar-refractivity contribution < 1.29 is 17.9 Å². The molecule has 2 atom stereocenters. The molecule has 0 bridgehead atoms. The molecule has 9 heteroatoms. The lowest BCUT2D eigenvalue weighted by Gasteiger charge is -2.36. The molecule has 1 saturated heterocycles. The number of benzene rings is 1. The summed E-state index contributed by atoms with van der Waals surface area (Å²) >= 11 is 1.15. The Bertz CT molecular complexity index is 1030. The second kappa shape index (κ2) is 6.81. The standard InChI is InChI=1S/C19H20F3N3O2S/c1-9-23-17-13(16(28-9)11-4-5-12(20)15(22)14(11)21)18(26)24-25(17)10-6-7-27-19(2,3)8-10/h4-5,10,16H,6-8H2,1-3H3,(H,24,26)/t10-,16-/m1/s1. The molecule has 4 rings (SSSR count). The number of nitrogens with zero attached hydrogens (tertiary/aromatic N) is 2. The van der Waals surface area contributed by atoms with Crippen molar-refractivity contribution in [3.05, 3.63) is 51.1 Å². The molecule has 0 saturated carbocycles. The number of ether oxygens (including phenoxy) is 1. The molecule has 2 aliphatic rings. The molecule has 150 valence electrons. The number of halogens is 3. The van der Waals surface area contributed by atoms with E-state index in [1.165, 1.54) is 6.07 Å². The highest BCUT2D eigenvalue weighted by Crippen LogP contribution is 2.46. The van der Waals surface area contributed by atoms with Gasteiger partial charge in [0.15, 0.2) is 23.3 Å². The summed E-state index contributed by atoms with van der Waals surface area (Å²) in [7, 11) is 0. The van der Waals surface area contributed by atoms with Crippen LogP contribution in [0.25, 0.3) is 0 Å². The summed E-state index contributed by atoms with van der Waals surface area (Å²) in [5.41, 5.74) is -0.568. The first-order valence-electron chi connectivity index (χ1n) is 9.01. The van der Waals surface area contributed by atoms with Crippen molar-refractivity contribution in [1.82, 2.24) is 9.78 Å². The second-order valence-electron chi connectivity index (χ2n) is 7.70. The van der Waals surface area contributed by atoms with E-state index >= 15 is 0 Å². The third kappa shape index (κ3) is 3.20. The fourth-order valence-corrected chi connectivity index (χ4v) is 4.98. The van der Waals surface area contributed by atoms with Crippen LogP contribution in [0.3, 0.4) is 0 Å². The fourth-order valence-electron chi connectivity index (χ4n) is 3.86. The molecule has 5 nitrogen and oxygen atoms in total. The molecule has 0 radical (unpaired) electrons. The number of aromatic nitrogens is 2. The average Bonchev–Trinajstić information content (AvgIpc) is 2.95. The Kier molecular flexibility index (Phi) is 4.70. The molecule has 1 fully saturated rings. The minimum Gasteiger partial charge on any atom is -0.375 e. The van der Waals surface area contributed by atoms with Crippen LogP contribution in [0.1, 0.15) is 56.0 Å². The second-order valence-corrected chi connectivity index (χ2v) is 8.99. The van der Waals surface area contributed by atoms with Crippen molar-refractivity contribution in [3.63, 3.8) is 0 Å². The SMILES string of the molecule is CC1=Nc2c(c(=O)[nH]n2[C@@H]2CCOC(C)(C)C2)[C@@H](c2ccc(F)c(F)c2F)S1. The lowest BCUT2D eigenvalue weighted by molar-refractivity contribution is -0.0705. The van der Waals surface area contributed by atoms with Crippen LogP contribution in [0, 0.1) is 17.5 Å². The molecule has 0 aliphatic carbocycles. The number of aromatic amines is 1. The predicted octanol–water partition coefficient (Wildman–Crippen LogP) is 4.61. The smallest absolute Gasteiger partial charge is 0.271 e. The van der Waals surface area contributed by atoms with E-state index < -0.39 is 28.3 Å². The van der Waals surface area contributed by atoms with Crippen molar-refractivity contribution in [3.8, 4) is 0 Å². The summed E-state index contributed by atoms with van der Waals surface area (Å²) in [6.45, 7) is 6.26. The van der Waals surface area contributed by atoms with Gasteiger partial charge in [0.2, 0.25) is 0 Å². The molecular formula is C19H20F3N3O2S. The minimum absolute atomic E-state index is 0.0321. The van der Waals surface area contributed by atoms with Crippen LogP contribution in [0.15, 0.2) is 21.9 Å². The Balaban J connectivity index is 1.83. The van der Waals surface area contributed by atoms with E-state index in [1.54, 1.807) is 11.6 Å². The Morgan fingerprint density at radius 3 is 2.75 bits per heavy atom. The maximum absolute atomic E-state index is 14.5. The zero-order valence-corrected chi connectivity index (χ0v) is 16.5. The van der Waals surface area contributed by atoms with Crippen LogP contribution in [-0.4, -0.2) is 27.0 Å². The van der Waals surface area contributed by atoms with Gasteiger partial charge in [0, 0.05) is 12.2 Å². The summed E-state index contributed by atoms with van der Waals surface area (Å²) < 4.78 is 49.1. The zero-order valence-electron chi connectivity index (χ0n) is 15.7. The first-order valence-corrected chi connectivity index (χ1v) is 9.89. The van der Waals surface area contributed by atoms with E-state index in [4.69, 9.17) is 4.74 Å². The quantitative estimate of drug-likeness (QED) is 0.735. The Labute approximate surface area is 164 Å². The highest BCUT2D eigenvalue weighted by molar-refractivity contribution is 8.14. The summed E-state index contributed by atoms with van der Waals surface area (Å²) in [4.78, 5) is 17.3. The van der Waals surface area contributed by atoms with Crippen LogP contribution < -0.4 is 5.56 Å². The molecule has 1 N–H and O–H groups in total. The summed E-state index contributed by atoms with van der Waals surface area (Å²) in [6, 6.07) is 2.03. The topological polar surface area (TPSA) is 59.4 Å². The number of aliphatic imine (C=N–C) groups is 1. The van der Waals surface area contributed by atoms with E-state index in [9.17, 15) is 18.0 Å². The third-order valence-electron chi connectivity index (χ3n) is 5.13.